The molecule has 6 nitrogen and oxygen atoms in total. The number of ether oxygens (including phenoxy) is 2. The molecule has 0 aromatic heterocycles. The van der Waals surface area contributed by atoms with Crippen molar-refractivity contribution in [2.45, 2.75) is 39.0 Å². The predicted octanol–water partition coefficient (Wildman–Crippen LogP) is 6.10. The normalized spacial score (nSPS) is 10.5. The van der Waals surface area contributed by atoms with Crippen LogP contribution in [0.5, 0.6) is 11.5 Å². The zero-order chi connectivity index (χ0) is 24.9. The zero-order valence-electron chi connectivity index (χ0n) is 19.9. The van der Waals surface area contributed by atoms with Gasteiger partial charge in [-0.3, -0.25) is 20.4 Å². The van der Waals surface area contributed by atoms with Gasteiger partial charge in [0.05, 0.1) is 18.8 Å². The SMILES string of the molecule is CCCCCCOc1ccc(C(=O)NNC(=O)c2cc(Br)ccc2OCCc2ccccc2)cc1. The molecule has 0 saturated heterocycles. The van der Waals surface area contributed by atoms with Crippen LogP contribution in [0.1, 0.15) is 58.9 Å². The van der Waals surface area contributed by atoms with Crippen molar-refractivity contribution in [3.63, 3.8) is 0 Å². The molecule has 0 aliphatic heterocycles. The largest absolute Gasteiger partial charge is 0.494 e. The summed E-state index contributed by atoms with van der Waals surface area (Å²) in [6.07, 6.45) is 5.26. The zero-order valence-corrected chi connectivity index (χ0v) is 21.5. The lowest BCUT2D eigenvalue weighted by atomic mass is 10.1. The fraction of sp³-hybridized carbons (Fsp3) is 0.286. The molecule has 7 heteroatoms. The van der Waals surface area contributed by atoms with Gasteiger partial charge < -0.3 is 9.47 Å². The van der Waals surface area contributed by atoms with Crippen LogP contribution in [0.4, 0.5) is 0 Å². The second-order valence-corrected chi connectivity index (χ2v) is 8.98. The third-order valence-corrected chi connectivity index (χ3v) is 5.84. The Morgan fingerprint density at radius 2 is 1.54 bits per heavy atom. The molecule has 2 N–H and O–H groups in total. The Morgan fingerprint density at radius 3 is 2.29 bits per heavy atom. The van der Waals surface area contributed by atoms with E-state index in [4.69, 9.17) is 9.47 Å². The first-order valence-electron chi connectivity index (χ1n) is 11.9. The van der Waals surface area contributed by atoms with Gasteiger partial charge in [0.1, 0.15) is 11.5 Å². The first-order chi connectivity index (χ1) is 17.1. The number of carbonyl (C=O) groups is 2. The molecule has 0 saturated carbocycles. The van der Waals surface area contributed by atoms with E-state index < -0.39 is 11.8 Å². The number of halogens is 1. The van der Waals surface area contributed by atoms with Crippen LogP contribution >= 0.6 is 15.9 Å². The molecule has 0 spiro atoms. The number of hydrogen-bond acceptors (Lipinski definition) is 4. The molecule has 0 heterocycles. The molecule has 3 rings (SSSR count). The Kier molecular flexibility index (Phi) is 10.6. The fourth-order valence-corrected chi connectivity index (χ4v) is 3.76. The second-order valence-electron chi connectivity index (χ2n) is 8.07. The van der Waals surface area contributed by atoms with Gasteiger partial charge in [-0.15, -0.1) is 0 Å². The first-order valence-corrected chi connectivity index (χ1v) is 12.7. The fourth-order valence-electron chi connectivity index (χ4n) is 3.40. The minimum Gasteiger partial charge on any atom is -0.494 e. The Balaban J connectivity index is 1.51. The van der Waals surface area contributed by atoms with Gasteiger partial charge in [0, 0.05) is 16.5 Å². The van der Waals surface area contributed by atoms with E-state index in [0.717, 1.165) is 22.9 Å². The molecule has 0 atom stereocenters. The van der Waals surface area contributed by atoms with E-state index >= 15 is 0 Å². The average molecular weight is 539 g/mol. The van der Waals surface area contributed by atoms with Gasteiger partial charge >= 0.3 is 0 Å². The predicted molar refractivity (Wildman–Crippen MR) is 141 cm³/mol. The van der Waals surface area contributed by atoms with Crippen LogP contribution in [0.2, 0.25) is 0 Å². The molecular weight excluding hydrogens is 508 g/mol. The number of unbranched alkanes of at least 4 members (excludes halogenated alkanes) is 3. The van der Waals surface area contributed by atoms with Crippen LogP contribution < -0.4 is 20.3 Å². The van der Waals surface area contributed by atoms with Crippen molar-refractivity contribution in [2.24, 2.45) is 0 Å². The number of hydrazine groups is 1. The highest BCUT2D eigenvalue weighted by Gasteiger charge is 2.15. The lowest BCUT2D eigenvalue weighted by molar-refractivity contribution is 0.0844. The highest BCUT2D eigenvalue weighted by atomic mass is 79.9. The van der Waals surface area contributed by atoms with Gasteiger partial charge in [-0.05, 0) is 54.4 Å². The topological polar surface area (TPSA) is 76.7 Å². The number of carbonyl (C=O) groups excluding carboxylic acids is 2. The highest BCUT2D eigenvalue weighted by Crippen LogP contribution is 2.23. The monoisotopic (exact) mass is 538 g/mol. The Hall–Kier alpha value is -3.32. The summed E-state index contributed by atoms with van der Waals surface area (Å²) in [5, 5.41) is 0. The number of nitrogens with one attached hydrogen (secondary N) is 2. The summed E-state index contributed by atoms with van der Waals surface area (Å²) in [7, 11) is 0. The molecule has 35 heavy (non-hydrogen) atoms. The van der Waals surface area contributed by atoms with E-state index in [2.05, 4.69) is 33.7 Å². The molecular formula is C28H31BrN2O4. The van der Waals surface area contributed by atoms with E-state index in [1.807, 2.05) is 30.3 Å². The molecule has 0 unspecified atom stereocenters. The Labute approximate surface area is 215 Å². The first kappa shape index (κ1) is 26.3. The molecule has 0 fully saturated rings. The van der Waals surface area contributed by atoms with Gasteiger partial charge in [0.25, 0.3) is 11.8 Å². The van der Waals surface area contributed by atoms with Gasteiger partial charge in [0.2, 0.25) is 0 Å². The van der Waals surface area contributed by atoms with Crippen LogP contribution in [-0.2, 0) is 6.42 Å². The van der Waals surface area contributed by atoms with Crippen molar-refractivity contribution in [3.8, 4) is 11.5 Å². The van der Waals surface area contributed by atoms with Crippen LogP contribution in [0, 0.1) is 0 Å². The van der Waals surface area contributed by atoms with Crippen LogP contribution in [0.15, 0.2) is 77.3 Å². The van der Waals surface area contributed by atoms with Crippen LogP contribution in [0.3, 0.4) is 0 Å². The molecule has 3 aromatic carbocycles. The molecule has 3 aromatic rings. The highest BCUT2D eigenvalue weighted by molar-refractivity contribution is 9.10. The summed E-state index contributed by atoms with van der Waals surface area (Å²) in [5.41, 5.74) is 6.81. The quantitative estimate of drug-likeness (QED) is 0.215. The van der Waals surface area contributed by atoms with Crippen LogP contribution in [0.25, 0.3) is 0 Å². The van der Waals surface area contributed by atoms with Crippen LogP contribution in [-0.4, -0.2) is 25.0 Å². The van der Waals surface area contributed by atoms with Gasteiger partial charge in [-0.1, -0.05) is 72.4 Å². The van der Waals surface area contributed by atoms with Gasteiger partial charge in [-0.25, -0.2) is 0 Å². The number of amides is 2. The van der Waals surface area contributed by atoms with E-state index in [1.165, 1.54) is 12.8 Å². The van der Waals surface area contributed by atoms with E-state index in [1.54, 1.807) is 42.5 Å². The van der Waals surface area contributed by atoms with E-state index in [9.17, 15) is 9.59 Å². The van der Waals surface area contributed by atoms with Gasteiger partial charge in [-0.2, -0.15) is 0 Å². The van der Waals surface area contributed by atoms with Crippen molar-refractivity contribution < 1.29 is 19.1 Å². The van der Waals surface area contributed by atoms with E-state index in [0.29, 0.717) is 42.3 Å². The van der Waals surface area contributed by atoms with Crippen molar-refractivity contribution in [3.05, 3.63) is 94.0 Å². The maximum absolute atomic E-state index is 12.8. The molecule has 184 valence electrons. The number of rotatable bonds is 12. The van der Waals surface area contributed by atoms with Crippen molar-refractivity contribution in [1.29, 1.82) is 0 Å². The summed E-state index contributed by atoms with van der Waals surface area (Å²) in [5.74, 6) is 0.264. The molecule has 0 aliphatic carbocycles. The number of hydrogen-bond donors (Lipinski definition) is 2. The summed E-state index contributed by atoms with van der Waals surface area (Å²) in [6, 6.07) is 22.0. The standard InChI is InChI=1S/C28H31BrN2O4/c1-2-3-4-8-18-34-24-14-11-22(12-15-24)27(32)30-31-28(33)25-20-23(29)13-16-26(25)35-19-17-21-9-6-5-7-10-21/h5-7,9-16,20H,2-4,8,17-19H2,1H3,(H,30,32)(H,31,33). The summed E-state index contributed by atoms with van der Waals surface area (Å²) < 4.78 is 12.3. The van der Waals surface area contributed by atoms with E-state index in [-0.39, 0.29) is 0 Å². The summed E-state index contributed by atoms with van der Waals surface area (Å²) in [6.45, 7) is 3.25. The molecule has 2 amide bonds. The third kappa shape index (κ3) is 8.76. The Morgan fingerprint density at radius 1 is 0.800 bits per heavy atom. The van der Waals surface area contributed by atoms with Crippen molar-refractivity contribution >= 4 is 27.7 Å². The maximum atomic E-state index is 12.8. The summed E-state index contributed by atoms with van der Waals surface area (Å²) in [4.78, 5) is 25.3. The second kappa shape index (κ2) is 14.2. The lowest BCUT2D eigenvalue weighted by Crippen LogP contribution is -2.41. The third-order valence-electron chi connectivity index (χ3n) is 5.35. The van der Waals surface area contributed by atoms with Crippen molar-refractivity contribution in [1.82, 2.24) is 10.9 Å². The minimum absolute atomic E-state index is 0.319. The summed E-state index contributed by atoms with van der Waals surface area (Å²) >= 11 is 3.39. The maximum Gasteiger partial charge on any atom is 0.273 e. The van der Waals surface area contributed by atoms with Gasteiger partial charge in [0.15, 0.2) is 0 Å². The minimum atomic E-state index is -0.471. The molecule has 0 bridgehead atoms. The molecule has 0 aliphatic rings. The average Bonchev–Trinajstić information content (AvgIpc) is 2.88. The molecule has 0 radical (unpaired) electrons. The van der Waals surface area contributed by atoms with Crippen molar-refractivity contribution in [2.75, 3.05) is 13.2 Å². The lowest BCUT2D eigenvalue weighted by Gasteiger charge is -2.13. The Bertz CT molecular complexity index is 1090. The smallest absolute Gasteiger partial charge is 0.273 e. The number of benzene rings is 3.